The molecule has 140 valence electrons. The van der Waals surface area contributed by atoms with Crippen molar-refractivity contribution < 1.29 is 28.0 Å². The van der Waals surface area contributed by atoms with Crippen LogP contribution in [-0.4, -0.2) is 65.9 Å². The zero-order valence-corrected chi connectivity index (χ0v) is 15.2. The van der Waals surface area contributed by atoms with E-state index in [0.717, 1.165) is 0 Å². The Hall–Kier alpha value is -1.62. The lowest BCUT2D eigenvalue weighted by molar-refractivity contribution is 0.109. The third kappa shape index (κ3) is 4.32. The van der Waals surface area contributed by atoms with Gasteiger partial charge in [-0.1, -0.05) is 0 Å². The summed E-state index contributed by atoms with van der Waals surface area (Å²) in [6, 6.07) is -0.357. The molecule has 3 unspecified atom stereocenters. The highest BCUT2D eigenvalue weighted by atomic mass is 32.2. The molecular formula is C15H22FN3O5S. The van der Waals surface area contributed by atoms with Gasteiger partial charge in [0.25, 0.3) is 0 Å². The first kappa shape index (κ1) is 19.7. The summed E-state index contributed by atoms with van der Waals surface area (Å²) in [7, 11) is 3.04. The van der Waals surface area contributed by atoms with Gasteiger partial charge in [-0.2, -0.15) is 4.39 Å². The quantitative estimate of drug-likeness (QED) is 0.557. The van der Waals surface area contributed by atoms with E-state index < -0.39 is 23.3 Å². The van der Waals surface area contributed by atoms with Crippen molar-refractivity contribution in [3.63, 3.8) is 0 Å². The number of aromatic nitrogens is 1. The van der Waals surface area contributed by atoms with Crippen LogP contribution in [0, 0.1) is 11.7 Å². The fraction of sp³-hybridized carbons (Fsp3) is 0.600. The highest BCUT2D eigenvalue weighted by Crippen LogP contribution is 2.23. The number of halogens is 1. The average molecular weight is 375 g/mol. The Kier molecular flexibility index (Phi) is 6.82. The van der Waals surface area contributed by atoms with Crippen molar-refractivity contribution in [2.75, 3.05) is 33.4 Å². The number of aldehydes is 1. The number of carbonyl (C=O) groups excluding carboxylic acids is 2. The Labute approximate surface area is 148 Å². The third-order valence-corrected chi connectivity index (χ3v) is 5.25. The molecule has 1 aliphatic heterocycles. The first-order valence-corrected chi connectivity index (χ1v) is 8.96. The van der Waals surface area contributed by atoms with Crippen molar-refractivity contribution in [2.45, 2.75) is 17.9 Å². The molecule has 0 radical (unpaired) electrons. The summed E-state index contributed by atoms with van der Waals surface area (Å²) in [5.74, 6) is -0.928. The summed E-state index contributed by atoms with van der Waals surface area (Å²) in [4.78, 5) is 24.2. The van der Waals surface area contributed by atoms with Gasteiger partial charge in [0.05, 0.1) is 36.8 Å². The van der Waals surface area contributed by atoms with Gasteiger partial charge in [-0.05, 0) is 6.92 Å². The van der Waals surface area contributed by atoms with E-state index in [2.05, 4.69) is 4.72 Å². The molecule has 1 aromatic heterocycles. The van der Waals surface area contributed by atoms with Crippen LogP contribution in [0.5, 0.6) is 0 Å². The fourth-order valence-electron chi connectivity index (χ4n) is 2.80. The second-order valence-corrected chi connectivity index (χ2v) is 6.95. The van der Waals surface area contributed by atoms with Gasteiger partial charge in [-0.15, -0.1) is 4.72 Å². The van der Waals surface area contributed by atoms with Crippen molar-refractivity contribution >= 4 is 23.7 Å². The predicted octanol–water partition coefficient (Wildman–Crippen LogP) is 0.692. The Balaban J connectivity index is 2.10. The van der Waals surface area contributed by atoms with Gasteiger partial charge in [0, 0.05) is 33.2 Å². The molecule has 1 N–H and O–H groups in total. The first-order chi connectivity index (χ1) is 11.9. The van der Waals surface area contributed by atoms with Gasteiger partial charge in [0.15, 0.2) is 6.29 Å². The smallest absolute Gasteiger partial charge is 0.409 e. The molecule has 10 heteroatoms. The minimum absolute atomic E-state index is 0.102. The minimum Gasteiger partial charge on any atom is -0.593 e. The number of carbonyl (C=O) groups is 2. The summed E-state index contributed by atoms with van der Waals surface area (Å²) >= 11 is -1.87. The predicted molar refractivity (Wildman–Crippen MR) is 88.1 cm³/mol. The number of likely N-dealkylation sites (tertiary alicyclic amines) is 1. The second-order valence-electron chi connectivity index (χ2n) is 5.73. The van der Waals surface area contributed by atoms with Gasteiger partial charge >= 0.3 is 6.09 Å². The lowest BCUT2D eigenvalue weighted by Gasteiger charge is -2.19. The number of methoxy groups -OCH3 is 1. The van der Waals surface area contributed by atoms with E-state index in [9.17, 15) is 18.5 Å². The van der Waals surface area contributed by atoms with E-state index in [1.165, 1.54) is 29.8 Å². The van der Waals surface area contributed by atoms with Crippen LogP contribution in [-0.2, 0) is 27.9 Å². The van der Waals surface area contributed by atoms with Crippen LogP contribution in [0.4, 0.5) is 9.18 Å². The van der Waals surface area contributed by atoms with Gasteiger partial charge in [0.2, 0.25) is 10.7 Å². The van der Waals surface area contributed by atoms with Gasteiger partial charge < -0.3 is 23.5 Å². The molecule has 1 aliphatic rings. The number of amides is 1. The maximum Gasteiger partial charge on any atom is 0.409 e. The molecule has 2 heterocycles. The normalized spacial score (nSPS) is 21.4. The highest BCUT2D eigenvalue weighted by molar-refractivity contribution is 7.89. The maximum atomic E-state index is 14.2. The van der Waals surface area contributed by atoms with E-state index in [-0.39, 0.29) is 35.7 Å². The molecule has 0 bridgehead atoms. The van der Waals surface area contributed by atoms with Crippen LogP contribution in [0.2, 0.25) is 0 Å². The molecule has 1 fully saturated rings. The van der Waals surface area contributed by atoms with Crippen molar-refractivity contribution in [1.29, 1.82) is 0 Å². The van der Waals surface area contributed by atoms with Crippen LogP contribution in [0.25, 0.3) is 0 Å². The molecule has 0 saturated carbocycles. The second kappa shape index (κ2) is 8.65. The number of nitrogens with one attached hydrogen (secondary N) is 1. The standard InChI is InChI=1S/C15H22FN3O5S/c1-4-24-15(21)19-5-10(9-23-3)11(6-19)17-25(22)13-7-18(2)12(8-20)14(13)16/h7-8,10-11,17H,4-6,9H2,1-3H3. The molecule has 3 atom stereocenters. The summed E-state index contributed by atoms with van der Waals surface area (Å²) < 4.78 is 40.9. The van der Waals surface area contributed by atoms with E-state index in [1.807, 2.05) is 0 Å². The Morgan fingerprint density at radius 3 is 2.84 bits per heavy atom. The summed E-state index contributed by atoms with van der Waals surface area (Å²) in [6.07, 6.45) is 1.24. The monoisotopic (exact) mass is 375 g/mol. The molecule has 1 aromatic rings. The van der Waals surface area contributed by atoms with Crippen LogP contribution in [0.1, 0.15) is 17.4 Å². The SMILES string of the molecule is CCOC(=O)N1CC(COC)C(N[S+]([O-])c2cn(C)c(C=O)c2F)C1. The van der Waals surface area contributed by atoms with Crippen molar-refractivity contribution in [2.24, 2.45) is 13.0 Å². The van der Waals surface area contributed by atoms with Crippen molar-refractivity contribution in [3.05, 3.63) is 17.7 Å². The molecule has 0 aromatic carbocycles. The molecule has 2 rings (SSSR count). The summed E-state index contributed by atoms with van der Waals surface area (Å²) in [5.41, 5.74) is -0.168. The lowest BCUT2D eigenvalue weighted by atomic mass is 10.1. The number of hydrogen-bond donors (Lipinski definition) is 1. The van der Waals surface area contributed by atoms with Gasteiger partial charge in [-0.3, -0.25) is 4.79 Å². The summed E-state index contributed by atoms with van der Waals surface area (Å²) in [5, 5.41) is 0. The molecule has 1 saturated heterocycles. The Morgan fingerprint density at radius 2 is 2.28 bits per heavy atom. The maximum absolute atomic E-state index is 14.2. The van der Waals surface area contributed by atoms with Crippen LogP contribution in [0.15, 0.2) is 11.1 Å². The molecule has 1 amide bonds. The van der Waals surface area contributed by atoms with Crippen molar-refractivity contribution in [3.8, 4) is 0 Å². The third-order valence-electron chi connectivity index (χ3n) is 4.05. The molecule has 0 spiro atoms. The average Bonchev–Trinajstić information content (AvgIpc) is 3.09. The number of nitrogens with zero attached hydrogens (tertiary/aromatic N) is 2. The number of aryl methyl sites for hydroxylation is 1. The van der Waals surface area contributed by atoms with Crippen LogP contribution >= 0.6 is 0 Å². The minimum atomic E-state index is -1.87. The fourth-order valence-corrected chi connectivity index (χ4v) is 3.99. The summed E-state index contributed by atoms with van der Waals surface area (Å²) in [6.45, 7) is 2.99. The molecule has 8 nitrogen and oxygen atoms in total. The van der Waals surface area contributed by atoms with E-state index >= 15 is 0 Å². The Bertz CT molecular complexity index is 627. The van der Waals surface area contributed by atoms with Gasteiger partial charge in [-0.25, -0.2) is 4.79 Å². The highest BCUT2D eigenvalue weighted by Gasteiger charge is 2.39. The van der Waals surface area contributed by atoms with Crippen LogP contribution < -0.4 is 4.72 Å². The zero-order chi connectivity index (χ0) is 18.6. The topological polar surface area (TPSA) is 95.9 Å². The largest absolute Gasteiger partial charge is 0.593 e. The number of rotatable bonds is 7. The Morgan fingerprint density at radius 1 is 1.56 bits per heavy atom. The number of hydrogen-bond acceptors (Lipinski definition) is 6. The lowest BCUT2D eigenvalue weighted by Crippen LogP contribution is -2.42. The molecular weight excluding hydrogens is 353 g/mol. The van der Waals surface area contributed by atoms with E-state index in [1.54, 1.807) is 6.92 Å². The van der Waals surface area contributed by atoms with Crippen LogP contribution in [0.3, 0.4) is 0 Å². The number of ether oxygens (including phenoxy) is 2. The van der Waals surface area contributed by atoms with E-state index in [0.29, 0.717) is 19.4 Å². The first-order valence-electron chi connectivity index (χ1n) is 7.81. The van der Waals surface area contributed by atoms with Crippen molar-refractivity contribution in [1.82, 2.24) is 14.2 Å². The molecule has 25 heavy (non-hydrogen) atoms. The van der Waals surface area contributed by atoms with E-state index in [4.69, 9.17) is 9.47 Å². The zero-order valence-electron chi connectivity index (χ0n) is 14.4. The van der Waals surface area contributed by atoms with Gasteiger partial charge in [0.1, 0.15) is 5.69 Å². The molecule has 0 aliphatic carbocycles.